The molecule has 0 saturated heterocycles. The van der Waals surface area contributed by atoms with Crippen molar-refractivity contribution in [2.45, 2.75) is 30.0 Å². The Bertz CT molecular complexity index is 532. The zero-order chi connectivity index (χ0) is 13.8. The molecule has 102 valence electrons. The molecule has 0 aliphatic carbocycles. The highest BCUT2D eigenvalue weighted by Crippen LogP contribution is 2.21. The minimum Gasteiger partial charge on any atom is -0.323 e. The highest BCUT2D eigenvalue weighted by molar-refractivity contribution is 7.87. The minimum absolute atomic E-state index is 0.177. The molecule has 0 saturated carbocycles. The van der Waals surface area contributed by atoms with Crippen LogP contribution in [0.25, 0.3) is 0 Å². The van der Waals surface area contributed by atoms with E-state index in [-0.39, 0.29) is 6.04 Å². The van der Waals surface area contributed by atoms with E-state index in [1.165, 1.54) is 16.9 Å². The standard InChI is InChI=1S/C15H19NOS2/c1-11(2)12-5-7-13(8-6-12)14(16)10-19(17)15-4-3-9-18-15/h3-9,11,14H,10,16H2,1-2H3. The summed E-state index contributed by atoms with van der Waals surface area (Å²) in [6.07, 6.45) is 0. The average Bonchev–Trinajstić information content (AvgIpc) is 2.92. The SMILES string of the molecule is CC(C)c1ccc(C(N)CS(=O)c2cccs2)cc1. The van der Waals surface area contributed by atoms with Crippen LogP contribution in [0.2, 0.25) is 0 Å². The Hall–Kier alpha value is -0.970. The van der Waals surface area contributed by atoms with Gasteiger partial charge in [-0.05, 0) is 28.5 Å². The Labute approximate surface area is 121 Å². The molecule has 0 aliphatic heterocycles. The van der Waals surface area contributed by atoms with Gasteiger partial charge in [-0.1, -0.05) is 44.2 Å². The van der Waals surface area contributed by atoms with Crippen molar-refractivity contribution in [2.75, 3.05) is 5.75 Å². The molecule has 2 nitrogen and oxygen atoms in total. The number of rotatable bonds is 5. The van der Waals surface area contributed by atoms with Crippen LogP contribution < -0.4 is 5.73 Å². The molecule has 2 rings (SSSR count). The smallest absolute Gasteiger partial charge is 0.0911 e. The summed E-state index contributed by atoms with van der Waals surface area (Å²) < 4.78 is 13.0. The highest BCUT2D eigenvalue weighted by Gasteiger charge is 2.13. The third-order valence-electron chi connectivity index (χ3n) is 3.08. The molecule has 2 atom stereocenters. The predicted molar refractivity (Wildman–Crippen MR) is 83.1 cm³/mol. The molecule has 0 spiro atoms. The first-order valence-electron chi connectivity index (χ1n) is 6.35. The Kier molecular flexibility index (Phi) is 4.91. The van der Waals surface area contributed by atoms with Crippen molar-refractivity contribution in [3.05, 3.63) is 52.9 Å². The fraction of sp³-hybridized carbons (Fsp3) is 0.333. The second-order valence-electron chi connectivity index (χ2n) is 4.87. The normalized spacial score (nSPS) is 14.5. The third-order valence-corrected chi connectivity index (χ3v) is 5.84. The van der Waals surface area contributed by atoms with E-state index < -0.39 is 10.8 Å². The lowest BCUT2D eigenvalue weighted by Crippen LogP contribution is -2.18. The van der Waals surface area contributed by atoms with Crippen LogP contribution in [0, 0.1) is 0 Å². The van der Waals surface area contributed by atoms with Crippen LogP contribution in [-0.2, 0) is 10.8 Å². The van der Waals surface area contributed by atoms with E-state index >= 15 is 0 Å². The molecule has 0 radical (unpaired) electrons. The molecule has 1 aromatic carbocycles. The molecular weight excluding hydrogens is 274 g/mol. The van der Waals surface area contributed by atoms with Crippen molar-refractivity contribution in [3.8, 4) is 0 Å². The lowest BCUT2D eigenvalue weighted by Gasteiger charge is -2.13. The molecule has 0 aliphatic rings. The lowest BCUT2D eigenvalue weighted by atomic mass is 10.00. The summed E-state index contributed by atoms with van der Waals surface area (Å²) in [6.45, 7) is 4.33. The Balaban J connectivity index is 2.03. The fourth-order valence-corrected chi connectivity index (χ4v) is 4.02. The first kappa shape index (κ1) is 14.4. The van der Waals surface area contributed by atoms with Gasteiger partial charge >= 0.3 is 0 Å². The van der Waals surface area contributed by atoms with Gasteiger partial charge in [-0.2, -0.15) is 0 Å². The van der Waals surface area contributed by atoms with Crippen LogP contribution in [0.5, 0.6) is 0 Å². The van der Waals surface area contributed by atoms with E-state index in [1.54, 1.807) is 0 Å². The molecule has 4 heteroatoms. The van der Waals surface area contributed by atoms with Crippen molar-refractivity contribution in [3.63, 3.8) is 0 Å². The predicted octanol–water partition coefficient (Wildman–Crippen LogP) is 3.68. The van der Waals surface area contributed by atoms with Crippen molar-refractivity contribution >= 4 is 22.1 Å². The lowest BCUT2D eigenvalue weighted by molar-refractivity contribution is 0.676. The Morgan fingerprint density at radius 3 is 2.32 bits per heavy atom. The zero-order valence-corrected chi connectivity index (χ0v) is 12.8. The van der Waals surface area contributed by atoms with Gasteiger partial charge in [0, 0.05) is 11.8 Å². The van der Waals surface area contributed by atoms with Gasteiger partial charge in [-0.3, -0.25) is 4.21 Å². The Morgan fingerprint density at radius 2 is 1.79 bits per heavy atom. The number of benzene rings is 1. The molecule has 0 bridgehead atoms. The van der Waals surface area contributed by atoms with E-state index in [1.807, 2.05) is 29.6 Å². The maximum Gasteiger partial charge on any atom is 0.0911 e. The van der Waals surface area contributed by atoms with Gasteiger partial charge in [0.15, 0.2) is 0 Å². The van der Waals surface area contributed by atoms with Crippen molar-refractivity contribution in [1.82, 2.24) is 0 Å². The third kappa shape index (κ3) is 3.75. The number of thiophene rings is 1. The molecular formula is C15H19NOS2. The largest absolute Gasteiger partial charge is 0.323 e. The van der Waals surface area contributed by atoms with Crippen LogP contribution in [-0.4, -0.2) is 9.96 Å². The van der Waals surface area contributed by atoms with Crippen LogP contribution in [0.1, 0.15) is 36.9 Å². The molecule has 1 aromatic heterocycles. The second kappa shape index (κ2) is 6.46. The number of hydrogen-bond acceptors (Lipinski definition) is 3. The first-order chi connectivity index (χ1) is 9.08. The summed E-state index contributed by atoms with van der Waals surface area (Å²) in [5.41, 5.74) is 8.49. The highest BCUT2D eigenvalue weighted by atomic mass is 32.2. The molecule has 2 N–H and O–H groups in total. The van der Waals surface area contributed by atoms with Gasteiger partial charge in [0.25, 0.3) is 0 Å². The zero-order valence-electron chi connectivity index (χ0n) is 11.2. The van der Waals surface area contributed by atoms with E-state index in [9.17, 15) is 4.21 Å². The van der Waals surface area contributed by atoms with Crippen molar-refractivity contribution in [1.29, 1.82) is 0 Å². The summed E-state index contributed by atoms with van der Waals surface area (Å²) in [6, 6.07) is 11.9. The second-order valence-corrected chi connectivity index (χ2v) is 7.54. The van der Waals surface area contributed by atoms with E-state index in [0.717, 1.165) is 9.77 Å². The minimum atomic E-state index is -1.00. The Morgan fingerprint density at radius 1 is 1.16 bits per heavy atom. The van der Waals surface area contributed by atoms with Gasteiger partial charge in [0.05, 0.1) is 15.0 Å². The summed E-state index contributed by atoms with van der Waals surface area (Å²) in [4.78, 5) is 0. The van der Waals surface area contributed by atoms with Gasteiger partial charge in [0.1, 0.15) is 0 Å². The van der Waals surface area contributed by atoms with E-state index in [0.29, 0.717) is 11.7 Å². The summed E-state index contributed by atoms with van der Waals surface area (Å²) in [5, 5.41) is 1.94. The molecule has 0 amide bonds. The number of nitrogens with two attached hydrogens (primary N) is 1. The van der Waals surface area contributed by atoms with Crippen LogP contribution in [0.4, 0.5) is 0 Å². The first-order valence-corrected chi connectivity index (χ1v) is 8.55. The molecule has 2 aromatic rings. The van der Waals surface area contributed by atoms with Crippen LogP contribution in [0.3, 0.4) is 0 Å². The van der Waals surface area contributed by atoms with Gasteiger partial charge in [0.2, 0.25) is 0 Å². The van der Waals surface area contributed by atoms with E-state index in [2.05, 4.69) is 26.0 Å². The summed E-state index contributed by atoms with van der Waals surface area (Å²) >= 11 is 1.52. The van der Waals surface area contributed by atoms with Crippen molar-refractivity contribution < 1.29 is 4.21 Å². The average molecular weight is 293 g/mol. The molecule has 0 fully saturated rings. The monoisotopic (exact) mass is 293 g/mol. The topological polar surface area (TPSA) is 43.1 Å². The molecule has 2 unspecified atom stereocenters. The number of hydrogen-bond donors (Lipinski definition) is 1. The van der Waals surface area contributed by atoms with Crippen LogP contribution in [0.15, 0.2) is 46.0 Å². The maximum absolute atomic E-state index is 12.1. The quantitative estimate of drug-likeness (QED) is 0.914. The maximum atomic E-state index is 12.1. The summed E-state index contributed by atoms with van der Waals surface area (Å²) in [7, 11) is -1.00. The fourth-order valence-electron chi connectivity index (χ4n) is 1.86. The van der Waals surface area contributed by atoms with Gasteiger partial charge < -0.3 is 5.73 Å². The molecule has 19 heavy (non-hydrogen) atoms. The van der Waals surface area contributed by atoms with Gasteiger partial charge in [-0.25, -0.2) is 0 Å². The summed E-state index contributed by atoms with van der Waals surface area (Å²) in [5.74, 6) is 0.993. The van der Waals surface area contributed by atoms with Crippen molar-refractivity contribution in [2.24, 2.45) is 5.73 Å². The molecule has 1 heterocycles. The van der Waals surface area contributed by atoms with Gasteiger partial charge in [-0.15, -0.1) is 11.3 Å². The van der Waals surface area contributed by atoms with Crippen LogP contribution >= 0.6 is 11.3 Å². The van der Waals surface area contributed by atoms with E-state index in [4.69, 9.17) is 5.73 Å².